The van der Waals surface area contributed by atoms with Gasteiger partial charge in [-0.25, -0.2) is 0 Å². The summed E-state index contributed by atoms with van der Waals surface area (Å²) in [6.07, 6.45) is 3.23. The Morgan fingerprint density at radius 3 is 2.87 bits per heavy atom. The first-order valence-electron chi connectivity index (χ1n) is 8.39. The van der Waals surface area contributed by atoms with Crippen molar-refractivity contribution in [2.24, 2.45) is 11.3 Å². The Morgan fingerprint density at radius 2 is 2.13 bits per heavy atom. The van der Waals surface area contributed by atoms with Gasteiger partial charge < -0.3 is 20.1 Å². The number of carbonyl (C=O) groups is 1. The Hall–Kier alpha value is -1.59. The molecule has 3 rings (SSSR count). The van der Waals surface area contributed by atoms with Crippen LogP contribution in [0, 0.1) is 18.3 Å². The van der Waals surface area contributed by atoms with Crippen molar-refractivity contribution in [1.29, 1.82) is 0 Å². The molecule has 5 heteroatoms. The van der Waals surface area contributed by atoms with E-state index in [1.54, 1.807) is 7.11 Å². The number of piperidine rings is 1. The lowest BCUT2D eigenvalue weighted by Gasteiger charge is -2.23. The van der Waals surface area contributed by atoms with Crippen molar-refractivity contribution >= 4 is 11.6 Å². The molecule has 1 aromatic carbocycles. The van der Waals surface area contributed by atoms with Crippen LogP contribution in [0.1, 0.15) is 24.8 Å². The molecule has 5 nitrogen and oxygen atoms in total. The van der Waals surface area contributed by atoms with Crippen molar-refractivity contribution in [2.45, 2.75) is 26.2 Å². The summed E-state index contributed by atoms with van der Waals surface area (Å²) in [5.74, 6) is 1.00. The molecular weight excluding hydrogens is 292 g/mol. The molecule has 1 saturated carbocycles. The van der Waals surface area contributed by atoms with E-state index in [-0.39, 0.29) is 17.2 Å². The second-order valence-electron chi connectivity index (χ2n) is 6.70. The smallest absolute Gasteiger partial charge is 0.228 e. The van der Waals surface area contributed by atoms with Crippen molar-refractivity contribution in [3.63, 3.8) is 0 Å². The van der Waals surface area contributed by atoms with Crippen molar-refractivity contribution < 1.29 is 14.3 Å². The van der Waals surface area contributed by atoms with E-state index in [1.807, 2.05) is 25.1 Å². The van der Waals surface area contributed by atoms with Gasteiger partial charge in [-0.05, 0) is 62.4 Å². The fourth-order valence-corrected chi connectivity index (χ4v) is 3.50. The molecule has 1 amide bonds. The lowest BCUT2D eigenvalue weighted by molar-refractivity contribution is -0.118. The van der Waals surface area contributed by atoms with Gasteiger partial charge in [0.1, 0.15) is 12.4 Å². The number of rotatable bonds is 6. The normalized spacial score (nSPS) is 21.9. The highest BCUT2D eigenvalue weighted by Crippen LogP contribution is 2.58. The van der Waals surface area contributed by atoms with Gasteiger partial charge in [-0.1, -0.05) is 6.07 Å². The Kier molecular flexibility index (Phi) is 4.87. The summed E-state index contributed by atoms with van der Waals surface area (Å²) >= 11 is 0. The van der Waals surface area contributed by atoms with Gasteiger partial charge in [0.2, 0.25) is 5.91 Å². The molecule has 1 aliphatic heterocycles. The Balaban J connectivity index is 1.64. The molecule has 0 aromatic heterocycles. The third-order valence-electron chi connectivity index (χ3n) is 5.05. The van der Waals surface area contributed by atoms with Crippen molar-refractivity contribution in [1.82, 2.24) is 5.32 Å². The van der Waals surface area contributed by atoms with Crippen LogP contribution in [0.3, 0.4) is 0 Å². The van der Waals surface area contributed by atoms with E-state index in [1.165, 1.54) is 0 Å². The van der Waals surface area contributed by atoms with Gasteiger partial charge in [0.15, 0.2) is 0 Å². The number of amides is 1. The fraction of sp³-hybridized carbons (Fsp3) is 0.611. The number of hydrogen-bond acceptors (Lipinski definition) is 4. The number of hydrogen-bond donors (Lipinski definition) is 2. The average Bonchev–Trinajstić information content (AvgIpc) is 3.24. The van der Waals surface area contributed by atoms with Crippen LogP contribution in [0.4, 0.5) is 5.69 Å². The average molecular weight is 318 g/mol. The zero-order chi connectivity index (χ0) is 16.3. The monoisotopic (exact) mass is 318 g/mol. The van der Waals surface area contributed by atoms with E-state index in [0.29, 0.717) is 13.2 Å². The number of methoxy groups -OCH3 is 1. The number of ether oxygens (including phenoxy) is 2. The second-order valence-corrected chi connectivity index (χ2v) is 6.70. The second kappa shape index (κ2) is 6.89. The van der Waals surface area contributed by atoms with Crippen LogP contribution in [0.25, 0.3) is 0 Å². The summed E-state index contributed by atoms with van der Waals surface area (Å²) in [6, 6.07) is 5.87. The van der Waals surface area contributed by atoms with Crippen molar-refractivity contribution in [2.75, 3.05) is 38.7 Å². The SMILES string of the molecule is COCCOc1cc(C)ccc1NC(=O)C1CC12CCNCC2. The molecule has 2 fully saturated rings. The summed E-state index contributed by atoms with van der Waals surface area (Å²) in [6.45, 7) is 5.07. The number of benzene rings is 1. The topological polar surface area (TPSA) is 59.6 Å². The lowest BCUT2D eigenvalue weighted by atomic mass is 9.92. The summed E-state index contributed by atoms with van der Waals surface area (Å²) in [5, 5.41) is 6.44. The van der Waals surface area contributed by atoms with Crippen LogP contribution in [0.2, 0.25) is 0 Å². The summed E-state index contributed by atoms with van der Waals surface area (Å²) < 4.78 is 10.8. The molecule has 0 radical (unpaired) electrons. The lowest BCUT2D eigenvalue weighted by Crippen LogP contribution is -2.31. The minimum Gasteiger partial charge on any atom is -0.489 e. The predicted octanol–water partition coefficient (Wildman–Crippen LogP) is 2.35. The van der Waals surface area contributed by atoms with Gasteiger partial charge in [0.25, 0.3) is 0 Å². The summed E-state index contributed by atoms with van der Waals surface area (Å²) in [7, 11) is 1.65. The zero-order valence-corrected chi connectivity index (χ0v) is 14.0. The van der Waals surface area contributed by atoms with E-state index < -0.39 is 0 Å². The maximum Gasteiger partial charge on any atom is 0.228 e. The van der Waals surface area contributed by atoms with E-state index in [9.17, 15) is 4.79 Å². The molecule has 23 heavy (non-hydrogen) atoms. The minimum atomic E-state index is 0.132. The molecule has 1 unspecified atom stereocenters. The highest BCUT2D eigenvalue weighted by molar-refractivity contribution is 5.96. The van der Waals surface area contributed by atoms with Crippen molar-refractivity contribution in [3.05, 3.63) is 23.8 Å². The Bertz CT molecular complexity index is 567. The van der Waals surface area contributed by atoms with Gasteiger partial charge in [-0.2, -0.15) is 0 Å². The summed E-state index contributed by atoms with van der Waals surface area (Å²) in [4.78, 5) is 12.6. The number of anilines is 1. The molecule has 1 heterocycles. The van der Waals surface area contributed by atoms with E-state index in [4.69, 9.17) is 9.47 Å². The first kappa shape index (κ1) is 16.3. The van der Waals surface area contributed by atoms with Gasteiger partial charge in [-0.15, -0.1) is 0 Å². The maximum atomic E-state index is 12.6. The molecule has 2 N–H and O–H groups in total. The van der Waals surface area contributed by atoms with Crippen LogP contribution in [0.15, 0.2) is 18.2 Å². The van der Waals surface area contributed by atoms with Crippen LogP contribution < -0.4 is 15.4 Å². The highest BCUT2D eigenvalue weighted by atomic mass is 16.5. The van der Waals surface area contributed by atoms with Gasteiger partial charge in [0, 0.05) is 13.0 Å². The van der Waals surface area contributed by atoms with E-state index >= 15 is 0 Å². The molecule has 0 bridgehead atoms. The molecule has 1 aromatic rings. The molecule has 1 atom stereocenters. The third-order valence-corrected chi connectivity index (χ3v) is 5.05. The van der Waals surface area contributed by atoms with Gasteiger partial charge in [-0.3, -0.25) is 4.79 Å². The highest BCUT2D eigenvalue weighted by Gasteiger charge is 2.57. The Morgan fingerprint density at radius 1 is 1.35 bits per heavy atom. The standard InChI is InChI=1S/C18H26N2O3/c1-13-3-4-15(16(11-13)23-10-9-22-2)20-17(21)14-12-18(14)5-7-19-8-6-18/h3-4,11,14,19H,5-10,12H2,1-2H3,(H,20,21). The predicted molar refractivity (Wildman–Crippen MR) is 89.8 cm³/mol. The molecule has 1 aliphatic carbocycles. The quantitative estimate of drug-likeness (QED) is 0.791. The van der Waals surface area contributed by atoms with E-state index in [0.717, 1.165) is 49.4 Å². The number of aryl methyl sites for hydroxylation is 1. The van der Waals surface area contributed by atoms with Crippen LogP contribution in [-0.4, -0.2) is 39.3 Å². The molecule has 1 saturated heterocycles. The van der Waals surface area contributed by atoms with Crippen LogP contribution >= 0.6 is 0 Å². The molecule has 1 spiro atoms. The molecular formula is C18H26N2O3. The third kappa shape index (κ3) is 3.67. The zero-order valence-electron chi connectivity index (χ0n) is 14.0. The van der Waals surface area contributed by atoms with Crippen LogP contribution in [-0.2, 0) is 9.53 Å². The van der Waals surface area contributed by atoms with E-state index in [2.05, 4.69) is 10.6 Å². The molecule has 126 valence electrons. The first-order valence-corrected chi connectivity index (χ1v) is 8.39. The van der Waals surface area contributed by atoms with Crippen molar-refractivity contribution in [3.8, 4) is 5.75 Å². The van der Waals surface area contributed by atoms with Gasteiger partial charge in [0.05, 0.1) is 12.3 Å². The molecule has 2 aliphatic rings. The summed E-state index contributed by atoms with van der Waals surface area (Å²) in [5.41, 5.74) is 2.11. The first-order chi connectivity index (χ1) is 11.1. The minimum absolute atomic E-state index is 0.132. The van der Waals surface area contributed by atoms with Gasteiger partial charge >= 0.3 is 0 Å². The number of carbonyl (C=O) groups excluding carboxylic acids is 1. The largest absolute Gasteiger partial charge is 0.489 e. The fourth-order valence-electron chi connectivity index (χ4n) is 3.50. The van der Waals surface area contributed by atoms with Crippen LogP contribution in [0.5, 0.6) is 5.75 Å². The maximum absolute atomic E-state index is 12.6. The Labute approximate surface area is 137 Å². The number of nitrogens with one attached hydrogen (secondary N) is 2.